The molecule has 4 aliphatic carbocycles. The predicted octanol–water partition coefficient (Wildman–Crippen LogP) is 4.40. The Kier molecular flexibility index (Phi) is 7.40. The second kappa shape index (κ2) is 10.8. The molecule has 1 aromatic heterocycles. The standard InChI is InChI=1S/C32H43N3O4/c1-31-11-9-24(39-30(37)20-34-29(36)21-35-14-16-38-17-15-35)18-23(31)5-6-25-27-8-7-26(22-4-3-13-33-19-22)32(27,2)12-10-28(25)31/h3-5,7,13,19,24-25,27-28H,6,8-12,14-18,20-21H2,1-2H3,(H,34,36)/t24-,25-,27-,28-,31-,32+/m0/s1. The van der Waals surface area contributed by atoms with Gasteiger partial charge < -0.3 is 14.8 Å². The van der Waals surface area contributed by atoms with Crippen molar-refractivity contribution in [3.05, 3.63) is 47.8 Å². The van der Waals surface area contributed by atoms with Crippen LogP contribution in [0.3, 0.4) is 0 Å². The number of nitrogens with one attached hydrogen (secondary N) is 1. The van der Waals surface area contributed by atoms with Gasteiger partial charge in [-0.2, -0.15) is 0 Å². The third-order valence-electron chi connectivity index (χ3n) is 10.8. The van der Waals surface area contributed by atoms with Crippen molar-refractivity contribution in [2.45, 2.75) is 64.9 Å². The van der Waals surface area contributed by atoms with E-state index in [2.05, 4.69) is 48.4 Å². The Morgan fingerprint density at radius 2 is 1.92 bits per heavy atom. The summed E-state index contributed by atoms with van der Waals surface area (Å²) in [7, 11) is 0. The minimum Gasteiger partial charge on any atom is -0.461 e. The average molecular weight is 534 g/mol. The number of amides is 1. The van der Waals surface area contributed by atoms with Crippen molar-refractivity contribution in [1.82, 2.24) is 15.2 Å². The molecule has 7 nitrogen and oxygen atoms in total. The Bertz CT molecular complexity index is 1140. The van der Waals surface area contributed by atoms with Crippen molar-refractivity contribution in [3.8, 4) is 0 Å². The lowest BCUT2D eigenvalue weighted by molar-refractivity contribution is -0.151. The summed E-state index contributed by atoms with van der Waals surface area (Å²) in [6, 6.07) is 4.27. The number of allylic oxidation sites excluding steroid dienone is 3. The first-order chi connectivity index (χ1) is 18.9. The lowest BCUT2D eigenvalue weighted by Gasteiger charge is -2.57. The van der Waals surface area contributed by atoms with Gasteiger partial charge in [-0.05, 0) is 84.3 Å². The van der Waals surface area contributed by atoms with Crippen LogP contribution in [0.1, 0.15) is 64.4 Å². The van der Waals surface area contributed by atoms with Crippen LogP contribution in [0.4, 0.5) is 0 Å². The number of rotatable bonds is 6. The highest BCUT2D eigenvalue weighted by Gasteiger charge is 2.57. The maximum atomic E-state index is 12.6. The van der Waals surface area contributed by atoms with Crippen LogP contribution in [0.25, 0.3) is 5.57 Å². The maximum absolute atomic E-state index is 12.6. The van der Waals surface area contributed by atoms with Crippen molar-refractivity contribution in [3.63, 3.8) is 0 Å². The fourth-order valence-corrected chi connectivity index (χ4v) is 8.68. The van der Waals surface area contributed by atoms with Crippen molar-refractivity contribution < 1.29 is 19.1 Å². The van der Waals surface area contributed by atoms with E-state index in [0.29, 0.717) is 37.5 Å². The first-order valence-corrected chi connectivity index (χ1v) is 14.9. The van der Waals surface area contributed by atoms with Crippen LogP contribution < -0.4 is 5.32 Å². The van der Waals surface area contributed by atoms with Crippen LogP contribution >= 0.6 is 0 Å². The van der Waals surface area contributed by atoms with Gasteiger partial charge in [0.1, 0.15) is 12.6 Å². The summed E-state index contributed by atoms with van der Waals surface area (Å²) in [5.41, 5.74) is 4.71. The molecule has 1 amide bonds. The molecule has 3 fully saturated rings. The summed E-state index contributed by atoms with van der Waals surface area (Å²) in [6.45, 7) is 8.01. The van der Waals surface area contributed by atoms with Crippen LogP contribution in [0, 0.1) is 28.6 Å². The Morgan fingerprint density at radius 3 is 2.72 bits per heavy atom. The predicted molar refractivity (Wildman–Crippen MR) is 149 cm³/mol. The third-order valence-corrected chi connectivity index (χ3v) is 10.8. The second-order valence-corrected chi connectivity index (χ2v) is 12.8. The summed E-state index contributed by atoms with van der Waals surface area (Å²) in [5.74, 6) is 1.60. The summed E-state index contributed by atoms with van der Waals surface area (Å²) < 4.78 is 11.2. The van der Waals surface area contributed by atoms with Crippen molar-refractivity contribution in [1.29, 1.82) is 0 Å². The van der Waals surface area contributed by atoms with E-state index in [4.69, 9.17) is 9.47 Å². The van der Waals surface area contributed by atoms with E-state index < -0.39 is 0 Å². The number of esters is 1. The lowest BCUT2D eigenvalue weighted by Crippen LogP contribution is -2.50. The van der Waals surface area contributed by atoms with Crippen LogP contribution in [0.2, 0.25) is 0 Å². The number of aromatic nitrogens is 1. The van der Waals surface area contributed by atoms with Crippen LogP contribution in [-0.4, -0.2) is 67.3 Å². The second-order valence-electron chi connectivity index (χ2n) is 12.8. The first kappa shape index (κ1) is 26.7. The lowest BCUT2D eigenvalue weighted by atomic mass is 9.47. The average Bonchev–Trinajstić information content (AvgIpc) is 3.30. The van der Waals surface area contributed by atoms with E-state index in [1.54, 1.807) is 0 Å². The van der Waals surface area contributed by atoms with Crippen LogP contribution in [0.15, 0.2) is 42.3 Å². The molecule has 6 rings (SSSR count). The number of fused-ring (bicyclic) bond motifs is 5. The van der Waals surface area contributed by atoms with E-state index in [1.165, 1.54) is 36.0 Å². The zero-order valence-corrected chi connectivity index (χ0v) is 23.5. The van der Waals surface area contributed by atoms with Gasteiger partial charge in [0.15, 0.2) is 0 Å². The third kappa shape index (κ3) is 5.08. The summed E-state index contributed by atoms with van der Waals surface area (Å²) in [6.07, 6.45) is 16.4. The van der Waals surface area contributed by atoms with Gasteiger partial charge in [0.25, 0.3) is 0 Å². The van der Waals surface area contributed by atoms with Gasteiger partial charge in [0.2, 0.25) is 5.91 Å². The number of nitrogens with zero attached hydrogens (tertiary/aromatic N) is 2. The monoisotopic (exact) mass is 533 g/mol. The topological polar surface area (TPSA) is 80.8 Å². The Balaban J connectivity index is 1.05. The number of carbonyl (C=O) groups is 2. The SMILES string of the molecule is C[C@]12CC[C@H](OC(=O)CNC(=O)CN3CCOCC3)CC1=CC[C@@H]1[C@@H]2CC[C@]2(C)C(c3cccnc3)=CC[C@@H]12. The van der Waals surface area contributed by atoms with E-state index in [0.717, 1.165) is 38.8 Å². The minimum absolute atomic E-state index is 0.0623. The molecule has 0 radical (unpaired) electrons. The van der Waals surface area contributed by atoms with Crippen molar-refractivity contribution in [2.24, 2.45) is 28.6 Å². The van der Waals surface area contributed by atoms with Gasteiger partial charge >= 0.3 is 5.97 Å². The molecule has 5 aliphatic rings. The van der Waals surface area contributed by atoms with Crippen LogP contribution in [-0.2, 0) is 19.1 Å². The van der Waals surface area contributed by atoms with E-state index >= 15 is 0 Å². The number of morpholine rings is 1. The quantitative estimate of drug-likeness (QED) is 0.431. The normalized spacial score (nSPS) is 36.1. The van der Waals surface area contributed by atoms with E-state index in [9.17, 15) is 9.59 Å². The zero-order valence-electron chi connectivity index (χ0n) is 23.5. The highest BCUT2D eigenvalue weighted by molar-refractivity contribution is 5.83. The molecule has 7 heteroatoms. The van der Waals surface area contributed by atoms with E-state index in [-0.39, 0.29) is 35.4 Å². The number of pyridine rings is 1. The number of carbonyl (C=O) groups excluding carboxylic acids is 2. The fourth-order valence-electron chi connectivity index (χ4n) is 8.68. The highest BCUT2D eigenvalue weighted by atomic mass is 16.5. The molecule has 0 aromatic carbocycles. The van der Waals surface area contributed by atoms with Gasteiger partial charge in [-0.15, -0.1) is 0 Å². The minimum atomic E-state index is -0.332. The van der Waals surface area contributed by atoms with E-state index in [1.807, 2.05) is 17.3 Å². The highest BCUT2D eigenvalue weighted by Crippen LogP contribution is 2.66. The summed E-state index contributed by atoms with van der Waals surface area (Å²) >= 11 is 0. The fraction of sp³-hybridized carbons (Fsp3) is 0.656. The van der Waals surface area contributed by atoms with Crippen molar-refractivity contribution in [2.75, 3.05) is 39.4 Å². The Morgan fingerprint density at radius 1 is 1.10 bits per heavy atom. The number of hydrogen-bond donors (Lipinski definition) is 1. The molecule has 39 heavy (non-hydrogen) atoms. The number of hydrogen-bond acceptors (Lipinski definition) is 6. The molecular formula is C32H43N3O4. The first-order valence-electron chi connectivity index (χ1n) is 14.9. The molecule has 1 N–H and O–H groups in total. The molecule has 210 valence electrons. The molecule has 2 heterocycles. The molecule has 1 aromatic rings. The molecule has 0 bridgehead atoms. The molecular weight excluding hydrogens is 490 g/mol. The Hall–Kier alpha value is -2.51. The van der Waals surface area contributed by atoms with Gasteiger partial charge in [-0.25, -0.2) is 0 Å². The van der Waals surface area contributed by atoms with Gasteiger partial charge in [0, 0.05) is 31.9 Å². The molecule has 0 spiro atoms. The number of ether oxygens (including phenoxy) is 2. The smallest absolute Gasteiger partial charge is 0.325 e. The van der Waals surface area contributed by atoms with Gasteiger partial charge in [-0.3, -0.25) is 19.5 Å². The maximum Gasteiger partial charge on any atom is 0.325 e. The largest absolute Gasteiger partial charge is 0.461 e. The molecule has 1 aliphatic heterocycles. The molecule has 0 unspecified atom stereocenters. The zero-order chi connectivity index (χ0) is 27.0. The summed E-state index contributed by atoms with van der Waals surface area (Å²) in [5, 5.41) is 2.74. The van der Waals surface area contributed by atoms with Crippen LogP contribution in [0.5, 0.6) is 0 Å². The molecule has 2 saturated carbocycles. The van der Waals surface area contributed by atoms with Crippen molar-refractivity contribution >= 4 is 17.4 Å². The van der Waals surface area contributed by atoms with Gasteiger partial charge in [0.05, 0.1) is 19.8 Å². The van der Waals surface area contributed by atoms with Gasteiger partial charge in [-0.1, -0.05) is 37.6 Å². The molecule has 6 atom stereocenters. The summed E-state index contributed by atoms with van der Waals surface area (Å²) in [4.78, 5) is 31.3. The Labute approximate surface area is 232 Å². The molecule has 1 saturated heterocycles.